The Hall–Kier alpha value is -2.33. The molecule has 27 heavy (non-hydrogen) atoms. The van der Waals surface area contributed by atoms with Crippen LogP contribution in [-0.2, 0) is 10.2 Å². The molecule has 4 rings (SSSR count). The highest BCUT2D eigenvalue weighted by Gasteiger charge is 2.42. The van der Waals surface area contributed by atoms with Gasteiger partial charge in [-0.2, -0.15) is 0 Å². The molecular formula is C23H29N3O. The summed E-state index contributed by atoms with van der Waals surface area (Å²) in [6, 6.07) is 18.6. The number of carbonyl (C=O) groups is 1. The largest absolute Gasteiger partial charge is 0.367 e. The van der Waals surface area contributed by atoms with Crippen LogP contribution in [0.2, 0.25) is 0 Å². The third-order valence-corrected chi connectivity index (χ3v) is 6.21. The fraction of sp³-hybridized carbons (Fsp3) is 0.435. The van der Waals surface area contributed by atoms with E-state index in [1.54, 1.807) is 0 Å². The van der Waals surface area contributed by atoms with Crippen LogP contribution in [-0.4, -0.2) is 44.0 Å². The Morgan fingerprint density at radius 1 is 0.889 bits per heavy atom. The molecule has 0 radical (unpaired) electrons. The molecule has 4 heteroatoms. The van der Waals surface area contributed by atoms with Gasteiger partial charge in [0.2, 0.25) is 5.91 Å². The minimum atomic E-state index is -0.392. The average Bonchev–Trinajstić information content (AvgIpc) is 3.21. The van der Waals surface area contributed by atoms with Crippen LogP contribution >= 0.6 is 0 Å². The number of nitrogens with one attached hydrogen (secondary N) is 1. The maximum Gasteiger partial charge on any atom is 0.235 e. The van der Waals surface area contributed by atoms with Crippen LogP contribution in [0.5, 0.6) is 0 Å². The quantitative estimate of drug-likeness (QED) is 0.895. The van der Waals surface area contributed by atoms with E-state index in [0.29, 0.717) is 0 Å². The van der Waals surface area contributed by atoms with Gasteiger partial charge in [0, 0.05) is 26.2 Å². The highest BCUT2D eigenvalue weighted by atomic mass is 16.2. The third kappa shape index (κ3) is 3.59. The van der Waals surface area contributed by atoms with Gasteiger partial charge in [0.25, 0.3) is 0 Å². The van der Waals surface area contributed by atoms with Gasteiger partial charge in [-0.1, -0.05) is 55.3 Å². The molecule has 0 atom stereocenters. The molecule has 1 heterocycles. The molecule has 2 aromatic rings. The molecule has 2 fully saturated rings. The SMILES string of the molecule is CN1CCN(c2ccccc2NC(=O)C2(c3ccccc3)CCCC2)CC1. The molecule has 1 aliphatic heterocycles. The van der Waals surface area contributed by atoms with E-state index in [9.17, 15) is 4.79 Å². The van der Waals surface area contributed by atoms with Gasteiger partial charge in [-0.05, 0) is 37.6 Å². The highest BCUT2D eigenvalue weighted by Crippen LogP contribution is 2.42. The van der Waals surface area contributed by atoms with E-state index in [0.717, 1.165) is 68.8 Å². The molecule has 0 spiro atoms. The van der Waals surface area contributed by atoms with Crippen molar-refractivity contribution >= 4 is 17.3 Å². The van der Waals surface area contributed by atoms with E-state index in [1.165, 1.54) is 0 Å². The molecule has 1 saturated heterocycles. The van der Waals surface area contributed by atoms with Gasteiger partial charge in [-0.3, -0.25) is 4.79 Å². The first-order valence-electron chi connectivity index (χ1n) is 10.1. The van der Waals surface area contributed by atoms with Gasteiger partial charge in [-0.15, -0.1) is 0 Å². The predicted molar refractivity (Wildman–Crippen MR) is 111 cm³/mol. The highest BCUT2D eigenvalue weighted by molar-refractivity contribution is 6.01. The first-order valence-corrected chi connectivity index (χ1v) is 10.1. The van der Waals surface area contributed by atoms with Crippen LogP contribution in [0.1, 0.15) is 31.2 Å². The first kappa shape index (κ1) is 18.1. The average molecular weight is 364 g/mol. The van der Waals surface area contributed by atoms with Crippen molar-refractivity contribution in [1.29, 1.82) is 0 Å². The molecule has 1 saturated carbocycles. The molecule has 0 unspecified atom stereocenters. The molecule has 1 aliphatic carbocycles. The van der Waals surface area contributed by atoms with Crippen molar-refractivity contribution in [3.8, 4) is 0 Å². The Balaban J connectivity index is 1.59. The normalized spacial score (nSPS) is 19.8. The Morgan fingerprint density at radius 2 is 1.52 bits per heavy atom. The molecule has 0 bridgehead atoms. The molecule has 2 aliphatic rings. The number of rotatable bonds is 4. The predicted octanol–water partition coefficient (Wildman–Crippen LogP) is 3.89. The lowest BCUT2D eigenvalue weighted by atomic mass is 9.78. The van der Waals surface area contributed by atoms with Crippen molar-refractivity contribution in [2.24, 2.45) is 0 Å². The zero-order chi connectivity index (χ0) is 18.7. The van der Waals surface area contributed by atoms with E-state index < -0.39 is 5.41 Å². The summed E-state index contributed by atoms with van der Waals surface area (Å²) < 4.78 is 0. The monoisotopic (exact) mass is 363 g/mol. The minimum Gasteiger partial charge on any atom is -0.367 e. The summed E-state index contributed by atoms with van der Waals surface area (Å²) in [6.07, 6.45) is 4.09. The van der Waals surface area contributed by atoms with Gasteiger partial charge in [0.1, 0.15) is 0 Å². The second kappa shape index (κ2) is 7.73. The van der Waals surface area contributed by atoms with Crippen LogP contribution in [0.25, 0.3) is 0 Å². The molecule has 2 aromatic carbocycles. The van der Waals surface area contributed by atoms with Gasteiger partial charge in [0.05, 0.1) is 16.8 Å². The number of anilines is 2. The van der Waals surface area contributed by atoms with Crippen molar-refractivity contribution in [1.82, 2.24) is 4.90 Å². The van der Waals surface area contributed by atoms with Crippen LogP contribution in [0.15, 0.2) is 54.6 Å². The van der Waals surface area contributed by atoms with Crippen molar-refractivity contribution < 1.29 is 4.79 Å². The van der Waals surface area contributed by atoms with Crippen molar-refractivity contribution in [3.05, 3.63) is 60.2 Å². The topological polar surface area (TPSA) is 35.6 Å². The Morgan fingerprint density at radius 3 is 2.22 bits per heavy atom. The van der Waals surface area contributed by atoms with Crippen molar-refractivity contribution in [3.63, 3.8) is 0 Å². The van der Waals surface area contributed by atoms with E-state index in [2.05, 4.69) is 46.4 Å². The standard InChI is InChI=1S/C23H29N3O/c1-25-15-17-26(18-16-25)21-12-6-5-11-20(21)24-22(27)23(13-7-8-14-23)19-9-3-2-4-10-19/h2-6,9-12H,7-8,13-18H2,1H3,(H,24,27). The number of likely N-dealkylation sites (N-methyl/N-ethyl adjacent to an activating group) is 1. The number of hydrogen-bond acceptors (Lipinski definition) is 3. The Bertz CT molecular complexity index is 775. The summed E-state index contributed by atoms with van der Waals surface area (Å²) in [6.45, 7) is 4.09. The van der Waals surface area contributed by atoms with Crippen molar-refractivity contribution in [2.45, 2.75) is 31.1 Å². The van der Waals surface area contributed by atoms with Crippen LogP contribution in [0, 0.1) is 0 Å². The van der Waals surface area contributed by atoms with Gasteiger partial charge < -0.3 is 15.1 Å². The molecule has 1 amide bonds. The lowest BCUT2D eigenvalue weighted by molar-refractivity contribution is -0.121. The second-order valence-corrected chi connectivity index (χ2v) is 7.92. The van der Waals surface area contributed by atoms with E-state index in [-0.39, 0.29) is 5.91 Å². The van der Waals surface area contributed by atoms with Gasteiger partial charge in [-0.25, -0.2) is 0 Å². The fourth-order valence-corrected chi connectivity index (χ4v) is 4.53. The summed E-state index contributed by atoms with van der Waals surface area (Å²) in [7, 11) is 2.16. The van der Waals surface area contributed by atoms with E-state index in [4.69, 9.17) is 0 Å². The molecule has 0 aromatic heterocycles. The summed E-state index contributed by atoms with van der Waals surface area (Å²) in [4.78, 5) is 18.2. The van der Waals surface area contributed by atoms with Crippen molar-refractivity contribution in [2.75, 3.05) is 43.4 Å². The lowest BCUT2D eigenvalue weighted by Gasteiger charge is -2.35. The zero-order valence-corrected chi connectivity index (χ0v) is 16.2. The number of amides is 1. The summed E-state index contributed by atoms with van der Waals surface area (Å²) >= 11 is 0. The van der Waals surface area contributed by atoms with E-state index >= 15 is 0 Å². The lowest BCUT2D eigenvalue weighted by Crippen LogP contribution is -2.45. The van der Waals surface area contributed by atoms with Gasteiger partial charge in [0.15, 0.2) is 0 Å². The number of para-hydroxylation sites is 2. The Kier molecular flexibility index (Phi) is 5.17. The molecular weight excluding hydrogens is 334 g/mol. The summed E-state index contributed by atoms with van der Waals surface area (Å²) in [5, 5.41) is 3.31. The van der Waals surface area contributed by atoms with Crippen LogP contribution < -0.4 is 10.2 Å². The third-order valence-electron chi connectivity index (χ3n) is 6.21. The summed E-state index contributed by atoms with van der Waals surface area (Å²) in [5.41, 5.74) is 2.84. The number of piperazine rings is 1. The number of nitrogens with zero attached hydrogens (tertiary/aromatic N) is 2. The molecule has 142 valence electrons. The number of hydrogen-bond donors (Lipinski definition) is 1. The van der Waals surface area contributed by atoms with Crippen LogP contribution in [0.3, 0.4) is 0 Å². The second-order valence-electron chi connectivity index (χ2n) is 7.92. The summed E-state index contributed by atoms with van der Waals surface area (Å²) in [5.74, 6) is 0.146. The Labute approximate surface area is 162 Å². The molecule has 1 N–H and O–H groups in total. The smallest absolute Gasteiger partial charge is 0.235 e. The minimum absolute atomic E-state index is 0.146. The van der Waals surface area contributed by atoms with E-state index in [1.807, 2.05) is 30.3 Å². The first-order chi connectivity index (χ1) is 13.2. The zero-order valence-electron chi connectivity index (χ0n) is 16.2. The van der Waals surface area contributed by atoms with Gasteiger partial charge >= 0.3 is 0 Å². The maximum absolute atomic E-state index is 13.5. The maximum atomic E-state index is 13.5. The van der Waals surface area contributed by atoms with Crippen LogP contribution in [0.4, 0.5) is 11.4 Å². The molecule has 4 nitrogen and oxygen atoms in total. The number of carbonyl (C=O) groups excluding carboxylic acids is 1. The number of benzene rings is 2. The fourth-order valence-electron chi connectivity index (χ4n) is 4.53.